The second-order valence-electron chi connectivity index (χ2n) is 6.37. The molecule has 0 rings (SSSR count). The van der Waals surface area contributed by atoms with Crippen LogP contribution in [0.5, 0.6) is 0 Å². The molecule has 0 saturated carbocycles. The molecule has 0 aliphatic carbocycles. The van der Waals surface area contributed by atoms with Gasteiger partial charge in [-0.15, -0.1) is 0 Å². The lowest BCUT2D eigenvalue weighted by Crippen LogP contribution is -2.03. The molecule has 2 nitrogen and oxygen atoms in total. The van der Waals surface area contributed by atoms with Crippen molar-refractivity contribution in [1.29, 1.82) is 0 Å². The first kappa shape index (κ1) is 20.2. The summed E-state index contributed by atoms with van der Waals surface area (Å²) < 4.78 is 0. The molecular weight excluding hydrogens is 260 g/mol. The quantitative estimate of drug-likeness (QED) is 0.282. The van der Waals surface area contributed by atoms with E-state index in [1.54, 1.807) is 0 Å². The summed E-state index contributed by atoms with van der Waals surface area (Å²) in [5, 5.41) is 8.68. The van der Waals surface area contributed by atoms with Crippen molar-refractivity contribution in [2.45, 2.75) is 97.3 Å². The van der Waals surface area contributed by atoms with E-state index in [1.807, 2.05) is 6.92 Å². The zero-order valence-corrected chi connectivity index (χ0v) is 14.3. The highest BCUT2D eigenvalue weighted by molar-refractivity contribution is 5.66. The zero-order valence-electron chi connectivity index (χ0n) is 14.3. The van der Waals surface area contributed by atoms with Gasteiger partial charge in [0.05, 0.1) is 0 Å². The van der Waals surface area contributed by atoms with Crippen LogP contribution in [-0.2, 0) is 4.79 Å². The van der Waals surface area contributed by atoms with Crippen LogP contribution in [0.15, 0.2) is 12.2 Å². The Morgan fingerprint density at radius 2 is 1.43 bits per heavy atom. The summed E-state index contributed by atoms with van der Waals surface area (Å²) in [7, 11) is 0. The zero-order chi connectivity index (χ0) is 15.8. The van der Waals surface area contributed by atoms with Gasteiger partial charge in [-0.25, -0.2) is 0 Å². The van der Waals surface area contributed by atoms with Crippen molar-refractivity contribution in [2.24, 2.45) is 5.92 Å². The van der Waals surface area contributed by atoms with Crippen molar-refractivity contribution in [2.75, 3.05) is 0 Å². The van der Waals surface area contributed by atoms with Crippen LogP contribution < -0.4 is 0 Å². The van der Waals surface area contributed by atoms with Crippen LogP contribution in [0.1, 0.15) is 97.3 Å². The van der Waals surface area contributed by atoms with Crippen LogP contribution in [0.4, 0.5) is 0 Å². The van der Waals surface area contributed by atoms with E-state index < -0.39 is 5.97 Å². The fourth-order valence-corrected chi connectivity index (χ4v) is 2.61. The van der Waals surface area contributed by atoms with Crippen LogP contribution in [0.3, 0.4) is 0 Å². The summed E-state index contributed by atoms with van der Waals surface area (Å²) in [4.78, 5) is 10.5. The number of carboxylic acid groups (broad SMARTS) is 1. The average molecular weight is 296 g/mol. The molecule has 0 spiro atoms. The summed E-state index contributed by atoms with van der Waals surface area (Å²) >= 11 is 0. The van der Waals surface area contributed by atoms with E-state index in [4.69, 9.17) is 5.11 Å². The monoisotopic (exact) mass is 296 g/mol. The molecule has 0 heterocycles. The number of carbonyl (C=O) groups is 1. The van der Waals surface area contributed by atoms with Gasteiger partial charge in [-0.05, 0) is 31.6 Å². The van der Waals surface area contributed by atoms with E-state index in [0.717, 1.165) is 6.42 Å². The topological polar surface area (TPSA) is 37.3 Å². The molecule has 0 radical (unpaired) electrons. The van der Waals surface area contributed by atoms with E-state index in [1.165, 1.54) is 70.6 Å². The van der Waals surface area contributed by atoms with Crippen molar-refractivity contribution in [1.82, 2.24) is 0 Å². The van der Waals surface area contributed by atoms with Crippen LogP contribution >= 0.6 is 0 Å². The summed E-state index contributed by atoms with van der Waals surface area (Å²) in [5.41, 5.74) is 0. The summed E-state index contributed by atoms with van der Waals surface area (Å²) in [5.74, 6) is -0.342. The fraction of sp³-hybridized carbons (Fsp3) is 0.842. The minimum Gasteiger partial charge on any atom is -0.481 e. The molecule has 0 bridgehead atoms. The van der Waals surface area contributed by atoms with Gasteiger partial charge in [0.25, 0.3) is 0 Å². The average Bonchev–Trinajstić information content (AvgIpc) is 2.43. The van der Waals surface area contributed by atoms with Gasteiger partial charge in [-0.1, -0.05) is 77.4 Å². The number of unbranched alkanes of at least 4 members (excludes halogenated alkanes) is 9. The van der Waals surface area contributed by atoms with Gasteiger partial charge in [0.1, 0.15) is 0 Å². The third-order valence-electron chi connectivity index (χ3n) is 3.98. The molecule has 0 aromatic heterocycles. The van der Waals surface area contributed by atoms with E-state index in [-0.39, 0.29) is 0 Å². The van der Waals surface area contributed by atoms with Gasteiger partial charge < -0.3 is 5.11 Å². The molecule has 0 saturated heterocycles. The molecule has 0 aliphatic rings. The Bertz CT molecular complexity index is 258. The smallest absolute Gasteiger partial charge is 0.303 e. The lowest BCUT2D eigenvalue weighted by atomic mass is 9.99. The fourth-order valence-electron chi connectivity index (χ4n) is 2.61. The maximum atomic E-state index is 10.5. The lowest BCUT2D eigenvalue weighted by Gasteiger charge is -2.07. The highest BCUT2D eigenvalue weighted by atomic mass is 16.4. The predicted molar refractivity (Wildman–Crippen MR) is 91.6 cm³/mol. The molecular formula is C19H36O2. The summed E-state index contributed by atoms with van der Waals surface area (Å²) in [6, 6.07) is 0. The maximum Gasteiger partial charge on any atom is 0.303 e. The van der Waals surface area contributed by atoms with E-state index >= 15 is 0 Å². The summed E-state index contributed by atoms with van der Waals surface area (Å²) in [6.45, 7) is 4.30. The first-order valence-corrected chi connectivity index (χ1v) is 9.03. The standard InChI is InChI=1S/C19H36O2/c1-3-4-5-6-7-8-9-10-11-12-13-14-15-16-18(2)17-19(20)21/h10-11,18H,3-9,12-17H2,1-2H3,(H,20,21)/b11-10-. The minimum atomic E-state index is -0.667. The molecule has 124 valence electrons. The van der Waals surface area contributed by atoms with Crippen LogP contribution in [0.25, 0.3) is 0 Å². The van der Waals surface area contributed by atoms with Gasteiger partial charge in [0.2, 0.25) is 0 Å². The Balaban J connectivity index is 3.20. The van der Waals surface area contributed by atoms with Crippen LogP contribution in [0, 0.1) is 5.92 Å². The molecule has 0 fully saturated rings. The Morgan fingerprint density at radius 3 is 2.00 bits per heavy atom. The number of rotatable bonds is 15. The van der Waals surface area contributed by atoms with Gasteiger partial charge in [-0.2, -0.15) is 0 Å². The summed E-state index contributed by atoms with van der Waals surface area (Å²) in [6.07, 6.45) is 20.3. The highest BCUT2D eigenvalue weighted by Gasteiger charge is 2.06. The molecule has 0 amide bonds. The minimum absolute atomic E-state index is 0.318. The molecule has 0 aromatic carbocycles. The van der Waals surface area contributed by atoms with E-state index in [2.05, 4.69) is 19.1 Å². The third-order valence-corrected chi connectivity index (χ3v) is 3.98. The van der Waals surface area contributed by atoms with Crippen LogP contribution in [0.2, 0.25) is 0 Å². The molecule has 1 N–H and O–H groups in total. The SMILES string of the molecule is CCCCCCCC/C=C\CCCCCC(C)CC(=O)O. The van der Waals surface area contributed by atoms with E-state index in [9.17, 15) is 4.79 Å². The Morgan fingerprint density at radius 1 is 0.905 bits per heavy atom. The van der Waals surface area contributed by atoms with Crippen molar-refractivity contribution >= 4 is 5.97 Å². The van der Waals surface area contributed by atoms with Crippen LogP contribution in [-0.4, -0.2) is 11.1 Å². The van der Waals surface area contributed by atoms with Gasteiger partial charge in [0.15, 0.2) is 0 Å². The number of hydrogen-bond acceptors (Lipinski definition) is 1. The number of hydrogen-bond donors (Lipinski definition) is 1. The molecule has 1 atom stereocenters. The lowest BCUT2D eigenvalue weighted by molar-refractivity contribution is -0.138. The first-order valence-electron chi connectivity index (χ1n) is 9.03. The van der Waals surface area contributed by atoms with Crippen molar-refractivity contribution in [3.63, 3.8) is 0 Å². The molecule has 1 unspecified atom stereocenters. The van der Waals surface area contributed by atoms with Gasteiger partial charge >= 0.3 is 5.97 Å². The molecule has 0 aliphatic heterocycles. The van der Waals surface area contributed by atoms with Crippen molar-refractivity contribution in [3.05, 3.63) is 12.2 Å². The van der Waals surface area contributed by atoms with E-state index in [0.29, 0.717) is 12.3 Å². The molecule has 21 heavy (non-hydrogen) atoms. The molecule has 2 heteroatoms. The third kappa shape index (κ3) is 17.2. The predicted octanol–water partition coefficient (Wildman–Crippen LogP) is 6.35. The number of aliphatic carboxylic acids is 1. The van der Waals surface area contributed by atoms with Gasteiger partial charge in [0, 0.05) is 6.42 Å². The normalized spacial score (nSPS) is 12.9. The van der Waals surface area contributed by atoms with Crippen molar-refractivity contribution in [3.8, 4) is 0 Å². The van der Waals surface area contributed by atoms with Crippen molar-refractivity contribution < 1.29 is 9.90 Å². The maximum absolute atomic E-state index is 10.5. The second kappa shape index (κ2) is 15.6. The Kier molecular flexibility index (Phi) is 15.0. The second-order valence-corrected chi connectivity index (χ2v) is 6.37. The Hall–Kier alpha value is -0.790. The highest BCUT2D eigenvalue weighted by Crippen LogP contribution is 2.14. The number of carboxylic acids is 1. The first-order chi connectivity index (χ1) is 10.2. The number of allylic oxidation sites excluding steroid dienone is 2. The molecule has 0 aromatic rings. The van der Waals surface area contributed by atoms with Gasteiger partial charge in [-0.3, -0.25) is 4.79 Å². The Labute approximate surface area is 132 Å². The largest absolute Gasteiger partial charge is 0.481 e.